The zero-order valence-corrected chi connectivity index (χ0v) is 29.8. The lowest BCUT2D eigenvalue weighted by Crippen LogP contribution is -2.60. The van der Waals surface area contributed by atoms with E-state index in [0.29, 0.717) is 26.4 Å². The van der Waals surface area contributed by atoms with E-state index >= 15 is 0 Å². The van der Waals surface area contributed by atoms with Crippen LogP contribution < -0.4 is 0 Å². The summed E-state index contributed by atoms with van der Waals surface area (Å²) < 4.78 is 32.9. The third-order valence-corrected chi connectivity index (χ3v) is 9.36. The van der Waals surface area contributed by atoms with Crippen molar-refractivity contribution < 1.29 is 23.7 Å². The molecule has 5 atom stereocenters. The maximum atomic E-state index is 6.69. The number of rotatable bonds is 25. The molecule has 0 amide bonds. The predicted octanol–water partition coefficient (Wildman–Crippen LogP) is 11.0. The predicted molar refractivity (Wildman–Crippen MR) is 196 cm³/mol. The molecule has 0 N–H and O–H groups in total. The summed E-state index contributed by atoms with van der Waals surface area (Å²) in [5, 5.41) is 0. The minimum absolute atomic E-state index is 0.229. The van der Waals surface area contributed by atoms with Gasteiger partial charge in [0.1, 0.15) is 18.3 Å². The van der Waals surface area contributed by atoms with Gasteiger partial charge in [0.2, 0.25) is 0 Å². The molecule has 1 aliphatic rings. The van der Waals surface area contributed by atoms with Crippen LogP contribution in [0.15, 0.2) is 91.0 Å². The van der Waals surface area contributed by atoms with E-state index in [4.69, 9.17) is 23.7 Å². The summed E-state index contributed by atoms with van der Waals surface area (Å²) >= 11 is 0. The molecule has 1 fully saturated rings. The van der Waals surface area contributed by atoms with Gasteiger partial charge in [-0.05, 0) is 30.0 Å². The summed E-state index contributed by atoms with van der Waals surface area (Å²) in [6.07, 6.45) is 16.8. The Morgan fingerprint density at radius 3 is 1.25 bits per heavy atom. The monoisotopic (exact) mass is 658 g/mol. The first-order valence-electron chi connectivity index (χ1n) is 19.0. The zero-order valence-electron chi connectivity index (χ0n) is 29.8. The molecule has 0 aromatic heterocycles. The zero-order chi connectivity index (χ0) is 33.5. The van der Waals surface area contributed by atoms with Crippen LogP contribution >= 0.6 is 0 Å². The van der Waals surface area contributed by atoms with Crippen LogP contribution in [0.5, 0.6) is 0 Å². The number of unbranched alkanes of at least 4 members (excludes halogenated alkanes) is 13. The summed E-state index contributed by atoms with van der Waals surface area (Å²) in [7, 11) is 0. The van der Waals surface area contributed by atoms with Crippen LogP contribution in [0.1, 0.15) is 120 Å². The van der Waals surface area contributed by atoms with E-state index in [-0.39, 0.29) is 18.3 Å². The molecule has 0 aliphatic carbocycles. The second-order valence-electron chi connectivity index (χ2n) is 13.5. The quantitative estimate of drug-likeness (QED) is 0.0848. The smallest absolute Gasteiger partial charge is 0.186 e. The maximum absolute atomic E-state index is 6.69. The standard InChI is InChI=1S/C43H62O5/c1-3-4-5-6-7-8-9-10-11-12-13-14-15-25-32-44-43-42(47-35-39-30-23-18-24-31-39)41(46-34-38-28-21-17-22-29-38)40(36(2)48-43)45-33-37-26-19-16-20-27-37/h16-24,26-31,36,40-43H,3-15,25,32-35H2,1-2H3/t36-,40+,41+,42-,43+/m0/s1. The second kappa shape index (κ2) is 23.8. The minimum atomic E-state index is -0.539. The molecular weight excluding hydrogens is 596 g/mol. The highest BCUT2D eigenvalue weighted by Gasteiger charge is 2.47. The van der Waals surface area contributed by atoms with Crippen molar-refractivity contribution in [2.45, 2.75) is 154 Å². The first kappa shape index (κ1) is 38.3. The van der Waals surface area contributed by atoms with Crippen molar-refractivity contribution in [2.75, 3.05) is 6.61 Å². The SMILES string of the molecule is CCCCCCCCCCCCCCCCO[C@@H]1O[C@@H](C)[C@@H](OCc2ccccc2)[C@@H](OCc2ccccc2)[C@@H]1OCc1ccccc1. The van der Waals surface area contributed by atoms with Gasteiger partial charge in [-0.15, -0.1) is 0 Å². The molecule has 0 bridgehead atoms. The summed E-state index contributed by atoms with van der Waals surface area (Å²) in [4.78, 5) is 0. The van der Waals surface area contributed by atoms with E-state index in [9.17, 15) is 0 Å². The molecule has 0 radical (unpaired) electrons. The molecule has 0 spiro atoms. The molecule has 3 aromatic carbocycles. The average Bonchev–Trinajstić information content (AvgIpc) is 3.12. The van der Waals surface area contributed by atoms with E-state index in [0.717, 1.165) is 23.1 Å². The molecule has 0 saturated carbocycles. The lowest BCUT2D eigenvalue weighted by molar-refractivity contribution is -0.320. The Kier molecular flexibility index (Phi) is 18.9. The molecule has 1 aliphatic heterocycles. The molecule has 3 aromatic rings. The molecule has 1 saturated heterocycles. The highest BCUT2D eigenvalue weighted by atomic mass is 16.7. The molecule has 5 heteroatoms. The Labute approximate surface area is 291 Å². The third kappa shape index (κ3) is 14.5. The Morgan fingerprint density at radius 2 is 0.812 bits per heavy atom. The summed E-state index contributed by atoms with van der Waals surface area (Å²) in [6, 6.07) is 30.8. The Balaban J connectivity index is 1.28. The van der Waals surface area contributed by atoms with Gasteiger partial charge >= 0.3 is 0 Å². The van der Waals surface area contributed by atoms with Gasteiger partial charge in [-0.25, -0.2) is 0 Å². The normalized spacial score (nSPS) is 21.0. The van der Waals surface area contributed by atoms with Gasteiger partial charge in [0, 0.05) is 6.61 Å². The summed E-state index contributed by atoms with van der Waals surface area (Å²) in [5.41, 5.74) is 3.33. The van der Waals surface area contributed by atoms with Crippen molar-refractivity contribution in [1.82, 2.24) is 0 Å². The molecule has 48 heavy (non-hydrogen) atoms. The van der Waals surface area contributed by atoms with Gasteiger partial charge in [-0.1, -0.05) is 181 Å². The third-order valence-electron chi connectivity index (χ3n) is 9.36. The Bertz CT molecular complexity index is 1170. The van der Waals surface area contributed by atoms with E-state index in [1.807, 2.05) is 54.6 Å². The number of benzene rings is 3. The fourth-order valence-electron chi connectivity index (χ4n) is 6.50. The minimum Gasteiger partial charge on any atom is -0.368 e. The highest BCUT2D eigenvalue weighted by Crippen LogP contribution is 2.31. The van der Waals surface area contributed by atoms with Crippen LogP contribution in [-0.4, -0.2) is 37.3 Å². The number of hydrogen-bond acceptors (Lipinski definition) is 5. The van der Waals surface area contributed by atoms with E-state index in [1.54, 1.807) is 0 Å². The van der Waals surface area contributed by atoms with Crippen molar-refractivity contribution in [2.24, 2.45) is 0 Å². The van der Waals surface area contributed by atoms with Crippen LogP contribution in [0, 0.1) is 0 Å². The molecular formula is C43H62O5. The molecule has 5 nitrogen and oxygen atoms in total. The highest BCUT2D eigenvalue weighted by molar-refractivity contribution is 5.15. The maximum Gasteiger partial charge on any atom is 0.186 e. The Morgan fingerprint density at radius 1 is 0.438 bits per heavy atom. The van der Waals surface area contributed by atoms with Gasteiger partial charge in [0.25, 0.3) is 0 Å². The second-order valence-corrected chi connectivity index (χ2v) is 13.5. The van der Waals surface area contributed by atoms with E-state index in [1.165, 1.54) is 83.5 Å². The summed E-state index contributed by atoms with van der Waals surface area (Å²) in [6.45, 7) is 6.36. The van der Waals surface area contributed by atoms with Crippen molar-refractivity contribution >= 4 is 0 Å². The van der Waals surface area contributed by atoms with Crippen molar-refractivity contribution in [1.29, 1.82) is 0 Å². The van der Waals surface area contributed by atoms with Crippen LogP contribution in [0.25, 0.3) is 0 Å². The first-order valence-corrected chi connectivity index (χ1v) is 19.0. The largest absolute Gasteiger partial charge is 0.368 e. The van der Waals surface area contributed by atoms with Gasteiger partial charge in [0.05, 0.1) is 25.9 Å². The lowest BCUT2D eigenvalue weighted by atomic mass is 9.98. The van der Waals surface area contributed by atoms with Crippen molar-refractivity contribution in [3.8, 4) is 0 Å². The summed E-state index contributed by atoms with van der Waals surface area (Å²) in [5.74, 6) is 0. The van der Waals surface area contributed by atoms with Gasteiger partial charge in [0.15, 0.2) is 6.29 Å². The fraction of sp³-hybridized carbons (Fsp3) is 0.581. The molecule has 4 rings (SSSR count). The fourth-order valence-corrected chi connectivity index (χ4v) is 6.50. The van der Waals surface area contributed by atoms with Crippen LogP contribution in [0.4, 0.5) is 0 Å². The first-order chi connectivity index (χ1) is 23.7. The van der Waals surface area contributed by atoms with Gasteiger partial charge in [-0.3, -0.25) is 0 Å². The number of ether oxygens (including phenoxy) is 5. The van der Waals surface area contributed by atoms with Crippen molar-refractivity contribution in [3.63, 3.8) is 0 Å². The number of hydrogen-bond donors (Lipinski definition) is 0. The van der Waals surface area contributed by atoms with Gasteiger partial charge in [-0.2, -0.15) is 0 Å². The van der Waals surface area contributed by atoms with Crippen LogP contribution in [0.2, 0.25) is 0 Å². The molecule has 0 unspecified atom stereocenters. The van der Waals surface area contributed by atoms with Gasteiger partial charge < -0.3 is 23.7 Å². The van der Waals surface area contributed by atoms with Crippen molar-refractivity contribution in [3.05, 3.63) is 108 Å². The average molecular weight is 659 g/mol. The topological polar surface area (TPSA) is 46.2 Å². The van der Waals surface area contributed by atoms with Crippen LogP contribution in [0.3, 0.4) is 0 Å². The lowest BCUT2D eigenvalue weighted by Gasteiger charge is -2.45. The Hall–Kier alpha value is -2.54. The van der Waals surface area contributed by atoms with Crippen LogP contribution in [-0.2, 0) is 43.5 Å². The molecule has 264 valence electrons. The molecule has 1 heterocycles. The van der Waals surface area contributed by atoms with E-state index in [2.05, 4.69) is 50.2 Å². The van der Waals surface area contributed by atoms with E-state index < -0.39 is 12.4 Å².